The van der Waals surface area contributed by atoms with E-state index in [9.17, 15) is 0 Å². The smallest absolute Gasteiger partial charge is 0.191 e. The first-order valence-electron chi connectivity index (χ1n) is 5.34. The van der Waals surface area contributed by atoms with Crippen LogP contribution in [0.15, 0.2) is 35.3 Å². The van der Waals surface area contributed by atoms with Crippen LogP contribution in [-0.2, 0) is 6.42 Å². The average molecular weight is 203 g/mol. The van der Waals surface area contributed by atoms with E-state index in [1.165, 1.54) is 5.56 Å². The Hall–Kier alpha value is -1.51. The number of rotatable bonds is 3. The highest BCUT2D eigenvalue weighted by atomic mass is 15.3. The minimum absolute atomic E-state index is 0.477. The van der Waals surface area contributed by atoms with Crippen LogP contribution in [0, 0.1) is 0 Å². The lowest BCUT2D eigenvalue weighted by Gasteiger charge is -2.20. The Balaban J connectivity index is 1.85. The Kier molecular flexibility index (Phi) is 2.90. The predicted octanol–water partition coefficient (Wildman–Crippen LogP) is 1.25. The second-order valence-electron chi connectivity index (χ2n) is 3.99. The highest BCUT2D eigenvalue weighted by Crippen LogP contribution is 2.12. The summed E-state index contributed by atoms with van der Waals surface area (Å²) in [6.07, 6.45) is 2.21. The van der Waals surface area contributed by atoms with Crippen molar-refractivity contribution < 1.29 is 0 Å². The van der Waals surface area contributed by atoms with Crippen LogP contribution in [0.1, 0.15) is 12.0 Å². The maximum atomic E-state index is 5.71. The van der Waals surface area contributed by atoms with Crippen molar-refractivity contribution in [2.75, 3.05) is 13.6 Å². The van der Waals surface area contributed by atoms with E-state index in [1.54, 1.807) is 0 Å². The zero-order chi connectivity index (χ0) is 10.7. The molecule has 0 aromatic heterocycles. The lowest BCUT2D eigenvalue weighted by molar-refractivity contribution is 0.379. The Morgan fingerprint density at radius 2 is 2.13 bits per heavy atom. The monoisotopic (exact) mass is 203 g/mol. The number of nitrogens with two attached hydrogens (primary N) is 1. The lowest BCUT2D eigenvalue weighted by Crippen LogP contribution is -2.37. The largest absolute Gasteiger partial charge is 0.370 e. The summed E-state index contributed by atoms with van der Waals surface area (Å²) in [4.78, 5) is 6.30. The summed E-state index contributed by atoms with van der Waals surface area (Å²) < 4.78 is 0. The van der Waals surface area contributed by atoms with Gasteiger partial charge < -0.3 is 10.6 Å². The number of benzene rings is 1. The van der Waals surface area contributed by atoms with E-state index in [0.717, 1.165) is 19.4 Å². The Labute approximate surface area is 90.6 Å². The molecule has 1 heterocycles. The van der Waals surface area contributed by atoms with Gasteiger partial charge in [0.15, 0.2) is 5.96 Å². The van der Waals surface area contributed by atoms with Crippen molar-refractivity contribution in [1.29, 1.82) is 0 Å². The maximum Gasteiger partial charge on any atom is 0.191 e. The molecular weight excluding hydrogens is 186 g/mol. The van der Waals surface area contributed by atoms with Crippen molar-refractivity contribution in [2.45, 2.75) is 18.9 Å². The number of guanidine groups is 1. The first-order chi connectivity index (χ1) is 7.27. The SMILES string of the molecule is CN1C(N)=NCC1CCc1ccccc1. The van der Waals surface area contributed by atoms with Crippen LogP contribution in [0.3, 0.4) is 0 Å². The van der Waals surface area contributed by atoms with Crippen molar-refractivity contribution in [3.05, 3.63) is 35.9 Å². The summed E-state index contributed by atoms with van der Waals surface area (Å²) in [6, 6.07) is 11.0. The lowest BCUT2D eigenvalue weighted by atomic mass is 10.1. The standard InChI is InChI=1S/C12H17N3/c1-15-11(9-14-12(15)13)8-7-10-5-3-2-4-6-10/h2-6,11H,7-9H2,1H3,(H2,13,14). The normalized spacial score (nSPS) is 20.5. The van der Waals surface area contributed by atoms with Crippen LogP contribution in [0.5, 0.6) is 0 Å². The molecule has 0 saturated heterocycles. The molecule has 1 aliphatic rings. The molecule has 1 aromatic carbocycles. The zero-order valence-electron chi connectivity index (χ0n) is 9.06. The molecule has 15 heavy (non-hydrogen) atoms. The van der Waals surface area contributed by atoms with Gasteiger partial charge in [-0.05, 0) is 18.4 Å². The first kappa shape index (κ1) is 10.0. The fraction of sp³-hybridized carbons (Fsp3) is 0.417. The Morgan fingerprint density at radius 3 is 2.73 bits per heavy atom. The third-order valence-electron chi connectivity index (χ3n) is 2.98. The molecule has 2 N–H and O–H groups in total. The van der Waals surface area contributed by atoms with Gasteiger partial charge in [0.1, 0.15) is 0 Å². The van der Waals surface area contributed by atoms with Crippen molar-refractivity contribution in [2.24, 2.45) is 10.7 Å². The Morgan fingerprint density at radius 1 is 1.40 bits per heavy atom. The summed E-state index contributed by atoms with van der Waals surface area (Å²) in [5.74, 6) is 0.674. The molecule has 0 fully saturated rings. The molecule has 80 valence electrons. The summed E-state index contributed by atoms with van der Waals surface area (Å²) >= 11 is 0. The van der Waals surface area contributed by atoms with Gasteiger partial charge in [0.2, 0.25) is 0 Å². The minimum atomic E-state index is 0.477. The van der Waals surface area contributed by atoms with E-state index in [1.807, 2.05) is 13.1 Å². The van der Waals surface area contributed by atoms with Gasteiger partial charge in [0.25, 0.3) is 0 Å². The second kappa shape index (κ2) is 4.34. The molecule has 0 saturated carbocycles. The fourth-order valence-electron chi connectivity index (χ4n) is 1.88. The third-order valence-corrected chi connectivity index (χ3v) is 2.98. The van der Waals surface area contributed by atoms with Crippen LogP contribution >= 0.6 is 0 Å². The molecule has 0 amide bonds. The molecule has 1 aromatic rings. The topological polar surface area (TPSA) is 41.6 Å². The van der Waals surface area contributed by atoms with E-state index >= 15 is 0 Å². The molecule has 1 unspecified atom stereocenters. The molecule has 2 rings (SSSR count). The summed E-state index contributed by atoms with van der Waals surface area (Å²) in [7, 11) is 2.02. The molecule has 3 heteroatoms. The van der Waals surface area contributed by atoms with Gasteiger partial charge in [0.05, 0.1) is 12.6 Å². The third kappa shape index (κ3) is 2.29. The molecule has 0 radical (unpaired) electrons. The number of aryl methyl sites for hydroxylation is 1. The van der Waals surface area contributed by atoms with Crippen molar-refractivity contribution >= 4 is 5.96 Å². The number of hydrogen-bond donors (Lipinski definition) is 1. The molecular formula is C12H17N3. The molecule has 0 bridgehead atoms. The Bertz CT molecular complexity index is 345. The molecule has 3 nitrogen and oxygen atoms in total. The first-order valence-corrected chi connectivity index (χ1v) is 5.34. The molecule has 1 aliphatic heterocycles. The van der Waals surface area contributed by atoms with Gasteiger partial charge in [-0.15, -0.1) is 0 Å². The predicted molar refractivity (Wildman–Crippen MR) is 62.8 cm³/mol. The van der Waals surface area contributed by atoms with Gasteiger partial charge >= 0.3 is 0 Å². The van der Waals surface area contributed by atoms with Crippen LogP contribution in [-0.4, -0.2) is 30.5 Å². The highest BCUT2D eigenvalue weighted by Gasteiger charge is 2.21. The zero-order valence-corrected chi connectivity index (χ0v) is 9.06. The number of hydrogen-bond acceptors (Lipinski definition) is 3. The number of nitrogens with zero attached hydrogens (tertiary/aromatic N) is 2. The second-order valence-corrected chi connectivity index (χ2v) is 3.99. The van der Waals surface area contributed by atoms with Gasteiger partial charge in [-0.3, -0.25) is 4.99 Å². The minimum Gasteiger partial charge on any atom is -0.370 e. The summed E-state index contributed by atoms with van der Waals surface area (Å²) in [5, 5.41) is 0. The van der Waals surface area contributed by atoms with Crippen molar-refractivity contribution in [3.63, 3.8) is 0 Å². The molecule has 0 aliphatic carbocycles. The number of likely N-dealkylation sites (N-methyl/N-ethyl adjacent to an activating group) is 1. The van der Waals surface area contributed by atoms with Gasteiger partial charge in [-0.2, -0.15) is 0 Å². The van der Waals surface area contributed by atoms with Gasteiger partial charge in [-0.25, -0.2) is 0 Å². The van der Waals surface area contributed by atoms with Crippen LogP contribution in [0.25, 0.3) is 0 Å². The number of aliphatic imine (C=N–C) groups is 1. The van der Waals surface area contributed by atoms with E-state index < -0.39 is 0 Å². The maximum absolute atomic E-state index is 5.71. The van der Waals surface area contributed by atoms with Crippen LogP contribution in [0.4, 0.5) is 0 Å². The van der Waals surface area contributed by atoms with Crippen LogP contribution in [0.2, 0.25) is 0 Å². The summed E-state index contributed by atoms with van der Waals surface area (Å²) in [6.45, 7) is 0.842. The van der Waals surface area contributed by atoms with Crippen molar-refractivity contribution in [3.8, 4) is 0 Å². The average Bonchev–Trinajstić information content (AvgIpc) is 2.59. The van der Waals surface area contributed by atoms with E-state index in [-0.39, 0.29) is 0 Å². The van der Waals surface area contributed by atoms with Crippen molar-refractivity contribution in [1.82, 2.24) is 4.90 Å². The van der Waals surface area contributed by atoms with Gasteiger partial charge in [-0.1, -0.05) is 30.3 Å². The van der Waals surface area contributed by atoms with E-state index in [4.69, 9.17) is 5.73 Å². The van der Waals surface area contributed by atoms with E-state index in [2.05, 4.69) is 34.2 Å². The van der Waals surface area contributed by atoms with Crippen LogP contribution < -0.4 is 5.73 Å². The molecule has 1 atom stereocenters. The fourth-order valence-corrected chi connectivity index (χ4v) is 1.88. The quantitative estimate of drug-likeness (QED) is 0.803. The highest BCUT2D eigenvalue weighted by molar-refractivity contribution is 5.79. The van der Waals surface area contributed by atoms with Gasteiger partial charge in [0, 0.05) is 7.05 Å². The molecule has 0 spiro atoms. The summed E-state index contributed by atoms with van der Waals surface area (Å²) in [5.41, 5.74) is 7.10. The van der Waals surface area contributed by atoms with E-state index in [0.29, 0.717) is 12.0 Å².